The maximum Gasteiger partial charge on any atom is 0.276 e. The van der Waals surface area contributed by atoms with E-state index in [-0.39, 0.29) is 32.8 Å². The molecule has 2 amide bonds. The number of hydrogen-bond acceptors (Lipinski definition) is 4. The molecule has 0 aliphatic carbocycles. The van der Waals surface area contributed by atoms with Crippen molar-refractivity contribution in [2.75, 3.05) is 11.9 Å². The average Bonchev–Trinajstić information content (AvgIpc) is 3.01. The minimum Gasteiger partial charge on any atom is -0.366 e. The molecule has 2 aromatic heterocycles. The molecule has 0 saturated carbocycles. The fraction of sp³-hybridized carbons (Fsp3) is 0.0588. The van der Waals surface area contributed by atoms with Gasteiger partial charge in [0.05, 0.1) is 21.3 Å². The van der Waals surface area contributed by atoms with Gasteiger partial charge in [-0.15, -0.1) is 0 Å². The first-order valence-corrected chi connectivity index (χ1v) is 9.56. The molecule has 0 unspecified atom stereocenters. The molecule has 0 radical (unpaired) electrons. The molecule has 28 heavy (non-hydrogen) atoms. The van der Waals surface area contributed by atoms with E-state index >= 15 is 0 Å². The Morgan fingerprint density at radius 1 is 1.18 bits per heavy atom. The van der Waals surface area contributed by atoms with E-state index in [0.29, 0.717) is 9.63 Å². The third kappa shape index (κ3) is 3.86. The van der Waals surface area contributed by atoms with Gasteiger partial charge in [-0.25, -0.2) is 9.67 Å². The Labute approximate surface area is 183 Å². The van der Waals surface area contributed by atoms with E-state index in [1.54, 1.807) is 12.1 Å². The zero-order valence-electron chi connectivity index (χ0n) is 14.2. The molecular formula is C17H11BrCl3N5O2. The molecule has 3 aromatic rings. The quantitative estimate of drug-likeness (QED) is 0.572. The summed E-state index contributed by atoms with van der Waals surface area (Å²) < 4.78 is 1.68. The van der Waals surface area contributed by atoms with Gasteiger partial charge in [0.2, 0.25) is 0 Å². The van der Waals surface area contributed by atoms with Crippen molar-refractivity contribution in [1.29, 1.82) is 0 Å². The summed E-state index contributed by atoms with van der Waals surface area (Å²) in [7, 11) is 1.45. The minimum absolute atomic E-state index is 0.00866. The second kappa shape index (κ2) is 8.08. The van der Waals surface area contributed by atoms with Crippen LogP contribution in [0.25, 0.3) is 5.82 Å². The van der Waals surface area contributed by atoms with Crippen LogP contribution in [0.15, 0.2) is 41.1 Å². The second-order valence-corrected chi connectivity index (χ2v) is 7.65. The molecule has 2 N–H and O–H groups in total. The highest BCUT2D eigenvalue weighted by Crippen LogP contribution is 2.34. The number of primary amides is 1. The normalized spacial score (nSPS) is 10.8. The van der Waals surface area contributed by atoms with Crippen LogP contribution in [0.1, 0.15) is 20.8 Å². The van der Waals surface area contributed by atoms with Crippen LogP contribution in [0.4, 0.5) is 5.69 Å². The number of anilines is 1. The number of nitrogens with zero attached hydrogens (tertiary/aromatic N) is 4. The van der Waals surface area contributed by atoms with Crippen LogP contribution in [0.3, 0.4) is 0 Å². The van der Waals surface area contributed by atoms with E-state index in [1.165, 1.54) is 41.0 Å². The molecule has 2 heterocycles. The fourth-order valence-corrected chi connectivity index (χ4v) is 3.76. The molecular weight excluding hydrogens is 492 g/mol. The van der Waals surface area contributed by atoms with Gasteiger partial charge < -0.3 is 10.6 Å². The number of carbonyl (C=O) groups is 2. The molecule has 3 rings (SSSR count). The summed E-state index contributed by atoms with van der Waals surface area (Å²) in [4.78, 5) is 30.4. The number of aromatic nitrogens is 3. The van der Waals surface area contributed by atoms with Crippen molar-refractivity contribution in [2.45, 2.75) is 0 Å². The lowest BCUT2D eigenvalue weighted by Crippen LogP contribution is -2.31. The van der Waals surface area contributed by atoms with Gasteiger partial charge in [-0.05, 0) is 40.2 Å². The molecule has 7 nitrogen and oxygen atoms in total. The number of amides is 2. The monoisotopic (exact) mass is 501 g/mol. The molecule has 0 fully saturated rings. The molecule has 0 aliphatic heterocycles. The molecule has 0 aliphatic rings. The van der Waals surface area contributed by atoms with Crippen molar-refractivity contribution in [2.24, 2.45) is 5.73 Å². The van der Waals surface area contributed by atoms with Gasteiger partial charge >= 0.3 is 0 Å². The van der Waals surface area contributed by atoms with Crippen LogP contribution in [0, 0.1) is 0 Å². The Balaban J connectivity index is 2.13. The standard InChI is InChI=1S/C17H11BrCl3N5O2/c1-25(14-9(15(22)27)5-8(19)6-11(14)21)17(28)12-7-13(18)24-26(12)16-10(20)3-2-4-23-16/h2-7H,1H3,(H2,22,27). The van der Waals surface area contributed by atoms with Crippen molar-refractivity contribution >= 4 is 68.2 Å². The summed E-state index contributed by atoms with van der Waals surface area (Å²) in [5.41, 5.74) is 5.70. The maximum absolute atomic E-state index is 13.2. The fourth-order valence-electron chi connectivity index (χ4n) is 2.57. The Morgan fingerprint density at radius 3 is 2.54 bits per heavy atom. The number of hydrogen-bond donors (Lipinski definition) is 1. The van der Waals surface area contributed by atoms with E-state index in [1.807, 2.05) is 0 Å². The van der Waals surface area contributed by atoms with Gasteiger partial charge in [-0.1, -0.05) is 34.8 Å². The summed E-state index contributed by atoms with van der Waals surface area (Å²) in [6, 6.07) is 7.54. The maximum atomic E-state index is 13.2. The Hall–Kier alpha value is -2.13. The summed E-state index contributed by atoms with van der Waals surface area (Å²) in [6.45, 7) is 0. The Kier molecular flexibility index (Phi) is 5.95. The predicted octanol–water partition coefficient (Wildman–Crippen LogP) is 4.37. The van der Waals surface area contributed by atoms with Crippen molar-refractivity contribution in [3.63, 3.8) is 0 Å². The summed E-state index contributed by atoms with van der Waals surface area (Å²) in [6.07, 6.45) is 1.52. The van der Waals surface area contributed by atoms with E-state index < -0.39 is 11.8 Å². The lowest BCUT2D eigenvalue weighted by molar-refractivity contribution is 0.0985. The Bertz CT molecular complexity index is 1100. The zero-order valence-corrected chi connectivity index (χ0v) is 18.0. The highest BCUT2D eigenvalue weighted by atomic mass is 79.9. The first-order valence-electron chi connectivity index (χ1n) is 7.64. The van der Waals surface area contributed by atoms with Crippen molar-refractivity contribution in [1.82, 2.24) is 14.8 Å². The lowest BCUT2D eigenvalue weighted by Gasteiger charge is -2.21. The SMILES string of the molecule is CN(C(=O)c1cc(Br)nn1-c1ncccc1Cl)c1c(Cl)cc(Cl)cc1C(N)=O. The molecule has 0 atom stereocenters. The van der Waals surface area contributed by atoms with Crippen LogP contribution < -0.4 is 10.6 Å². The van der Waals surface area contributed by atoms with Crippen LogP contribution in [-0.2, 0) is 0 Å². The second-order valence-electron chi connectivity index (χ2n) is 5.59. The van der Waals surface area contributed by atoms with E-state index in [2.05, 4.69) is 26.0 Å². The van der Waals surface area contributed by atoms with Crippen molar-refractivity contribution in [3.05, 3.63) is 67.5 Å². The average molecular weight is 504 g/mol. The molecule has 0 spiro atoms. The predicted molar refractivity (Wildman–Crippen MR) is 112 cm³/mol. The van der Waals surface area contributed by atoms with Gasteiger partial charge in [0, 0.05) is 24.3 Å². The van der Waals surface area contributed by atoms with Gasteiger partial charge in [0.1, 0.15) is 10.3 Å². The van der Waals surface area contributed by atoms with Crippen molar-refractivity contribution < 1.29 is 9.59 Å². The molecule has 0 saturated heterocycles. The number of nitrogens with two attached hydrogens (primary N) is 1. The van der Waals surface area contributed by atoms with Gasteiger partial charge in [0.25, 0.3) is 11.8 Å². The van der Waals surface area contributed by atoms with Gasteiger partial charge in [-0.3, -0.25) is 9.59 Å². The smallest absolute Gasteiger partial charge is 0.276 e. The summed E-state index contributed by atoms with van der Waals surface area (Å²) >= 11 is 21.6. The minimum atomic E-state index is -0.776. The first-order chi connectivity index (χ1) is 13.2. The van der Waals surface area contributed by atoms with Crippen LogP contribution in [0.2, 0.25) is 15.1 Å². The van der Waals surface area contributed by atoms with E-state index in [4.69, 9.17) is 40.5 Å². The summed E-state index contributed by atoms with van der Waals surface area (Å²) in [5, 5.41) is 4.84. The third-order valence-electron chi connectivity index (χ3n) is 3.77. The van der Waals surface area contributed by atoms with Gasteiger partial charge in [0.15, 0.2) is 5.82 Å². The molecule has 144 valence electrons. The number of rotatable bonds is 4. The zero-order chi connectivity index (χ0) is 20.6. The van der Waals surface area contributed by atoms with E-state index in [9.17, 15) is 9.59 Å². The molecule has 0 bridgehead atoms. The summed E-state index contributed by atoms with van der Waals surface area (Å²) in [5.74, 6) is -1.03. The number of pyridine rings is 1. The van der Waals surface area contributed by atoms with Crippen molar-refractivity contribution in [3.8, 4) is 5.82 Å². The van der Waals surface area contributed by atoms with Crippen LogP contribution in [-0.4, -0.2) is 33.6 Å². The highest BCUT2D eigenvalue weighted by Gasteiger charge is 2.26. The molecule has 11 heteroatoms. The van der Waals surface area contributed by atoms with Gasteiger partial charge in [-0.2, -0.15) is 5.10 Å². The Morgan fingerprint density at radius 2 is 1.89 bits per heavy atom. The number of carbonyl (C=O) groups excluding carboxylic acids is 2. The number of halogens is 4. The van der Waals surface area contributed by atoms with E-state index in [0.717, 1.165) is 0 Å². The first kappa shape index (κ1) is 20.6. The number of benzene rings is 1. The largest absolute Gasteiger partial charge is 0.366 e. The third-order valence-corrected chi connectivity index (χ3v) is 4.96. The van der Waals surface area contributed by atoms with Crippen LogP contribution >= 0.6 is 50.7 Å². The highest BCUT2D eigenvalue weighted by molar-refractivity contribution is 9.10. The lowest BCUT2D eigenvalue weighted by atomic mass is 10.1. The molecule has 1 aromatic carbocycles. The topological polar surface area (TPSA) is 94.1 Å². The van der Waals surface area contributed by atoms with Crippen LogP contribution in [0.5, 0.6) is 0 Å².